The first-order valence-electron chi connectivity index (χ1n) is 9.99. The van der Waals surface area contributed by atoms with E-state index in [4.69, 9.17) is 9.40 Å². The highest BCUT2D eigenvalue weighted by molar-refractivity contribution is 6.09. The zero-order chi connectivity index (χ0) is 20.1. The summed E-state index contributed by atoms with van der Waals surface area (Å²) in [4.78, 5) is 8.96. The van der Waals surface area contributed by atoms with E-state index >= 15 is 0 Å². The number of nitrogens with zero attached hydrogens (tertiary/aromatic N) is 2. The van der Waals surface area contributed by atoms with Gasteiger partial charge in [0.2, 0.25) is 0 Å². The van der Waals surface area contributed by atoms with Gasteiger partial charge in [-0.2, -0.15) is 0 Å². The van der Waals surface area contributed by atoms with Crippen molar-refractivity contribution in [2.75, 3.05) is 0 Å². The Balaban J connectivity index is 1.56. The van der Waals surface area contributed by atoms with Crippen LogP contribution < -0.4 is 0 Å². The van der Waals surface area contributed by atoms with Crippen LogP contribution in [0.1, 0.15) is 5.56 Å². The molecule has 6 aromatic rings. The van der Waals surface area contributed by atoms with E-state index in [9.17, 15) is 0 Å². The monoisotopic (exact) mass is 386 g/mol. The molecule has 0 unspecified atom stereocenters. The van der Waals surface area contributed by atoms with Crippen molar-refractivity contribution in [3.8, 4) is 22.4 Å². The van der Waals surface area contributed by atoms with E-state index in [2.05, 4.69) is 60.4 Å². The molecule has 0 amide bonds. The number of fused-ring (bicyclic) bond motifs is 4. The predicted octanol–water partition coefficient (Wildman–Crippen LogP) is 7.17. The Bertz CT molecular complexity index is 1560. The molecule has 3 heterocycles. The zero-order valence-electron chi connectivity index (χ0n) is 16.5. The average molecular weight is 386 g/mol. The summed E-state index contributed by atoms with van der Waals surface area (Å²) in [6, 6.07) is 25.1. The first kappa shape index (κ1) is 16.9. The summed E-state index contributed by atoms with van der Waals surface area (Å²) < 4.78 is 6.22. The minimum atomic E-state index is 0.880. The third-order valence-corrected chi connectivity index (χ3v) is 5.73. The van der Waals surface area contributed by atoms with Crippen LogP contribution in [-0.2, 0) is 0 Å². The second-order valence-electron chi connectivity index (χ2n) is 7.60. The van der Waals surface area contributed by atoms with E-state index in [0.29, 0.717) is 0 Å². The summed E-state index contributed by atoms with van der Waals surface area (Å²) in [5.74, 6) is 0. The van der Waals surface area contributed by atoms with Gasteiger partial charge in [0.15, 0.2) is 0 Å². The molecule has 3 nitrogen and oxygen atoms in total. The van der Waals surface area contributed by atoms with Crippen LogP contribution in [0.4, 0.5) is 0 Å². The van der Waals surface area contributed by atoms with Gasteiger partial charge in [0.1, 0.15) is 11.2 Å². The molecule has 0 spiro atoms. The molecule has 0 aliphatic rings. The molecule has 0 bridgehead atoms. The van der Waals surface area contributed by atoms with Crippen molar-refractivity contribution in [1.82, 2.24) is 9.97 Å². The van der Waals surface area contributed by atoms with Crippen molar-refractivity contribution in [2.24, 2.45) is 0 Å². The van der Waals surface area contributed by atoms with Gasteiger partial charge >= 0.3 is 0 Å². The van der Waals surface area contributed by atoms with E-state index in [1.807, 2.05) is 42.9 Å². The molecule has 0 saturated carbocycles. The van der Waals surface area contributed by atoms with Gasteiger partial charge in [0.25, 0.3) is 0 Å². The molecule has 3 aromatic carbocycles. The van der Waals surface area contributed by atoms with Crippen LogP contribution in [0, 0.1) is 6.92 Å². The number of rotatable bonds is 2. The molecule has 0 aliphatic heterocycles. The van der Waals surface area contributed by atoms with Crippen LogP contribution in [-0.4, -0.2) is 9.97 Å². The van der Waals surface area contributed by atoms with Gasteiger partial charge < -0.3 is 4.42 Å². The van der Waals surface area contributed by atoms with Crippen molar-refractivity contribution in [3.05, 3.63) is 97.0 Å². The summed E-state index contributed by atoms with van der Waals surface area (Å²) in [5.41, 5.74) is 7.19. The molecule has 142 valence electrons. The Morgan fingerprint density at radius 1 is 0.733 bits per heavy atom. The first-order valence-corrected chi connectivity index (χ1v) is 9.99. The Morgan fingerprint density at radius 3 is 2.60 bits per heavy atom. The van der Waals surface area contributed by atoms with Crippen molar-refractivity contribution >= 4 is 32.7 Å². The maximum absolute atomic E-state index is 6.22. The average Bonchev–Trinajstić information content (AvgIpc) is 3.18. The number of pyridine rings is 2. The molecule has 3 heteroatoms. The highest BCUT2D eigenvalue weighted by atomic mass is 16.3. The second-order valence-corrected chi connectivity index (χ2v) is 7.60. The molecular weight excluding hydrogens is 368 g/mol. The summed E-state index contributed by atoms with van der Waals surface area (Å²) in [7, 11) is 0. The minimum absolute atomic E-state index is 0.880. The van der Waals surface area contributed by atoms with Crippen molar-refractivity contribution in [1.29, 1.82) is 0 Å². The number of para-hydroxylation sites is 2. The van der Waals surface area contributed by atoms with Gasteiger partial charge in [0.05, 0.1) is 5.69 Å². The summed E-state index contributed by atoms with van der Waals surface area (Å²) in [5, 5.41) is 4.56. The third-order valence-electron chi connectivity index (χ3n) is 5.73. The van der Waals surface area contributed by atoms with E-state index < -0.39 is 0 Å². The normalized spacial score (nSPS) is 11.5. The van der Waals surface area contributed by atoms with Crippen molar-refractivity contribution in [3.63, 3.8) is 0 Å². The fourth-order valence-electron chi connectivity index (χ4n) is 4.18. The lowest BCUT2D eigenvalue weighted by atomic mass is 9.97. The molecule has 0 atom stereocenters. The lowest BCUT2D eigenvalue weighted by Gasteiger charge is -2.10. The lowest BCUT2D eigenvalue weighted by molar-refractivity contribution is 0.670. The summed E-state index contributed by atoms with van der Waals surface area (Å²) in [6.07, 6.45) is 5.67. The van der Waals surface area contributed by atoms with Crippen LogP contribution in [0.5, 0.6) is 0 Å². The summed E-state index contributed by atoms with van der Waals surface area (Å²) >= 11 is 0. The van der Waals surface area contributed by atoms with Crippen molar-refractivity contribution < 1.29 is 4.42 Å². The maximum Gasteiger partial charge on any atom is 0.144 e. The van der Waals surface area contributed by atoms with Gasteiger partial charge in [-0.3, -0.25) is 9.97 Å². The lowest BCUT2D eigenvalue weighted by Crippen LogP contribution is -1.90. The molecule has 0 saturated heterocycles. The molecule has 0 fully saturated rings. The molecule has 0 aliphatic carbocycles. The van der Waals surface area contributed by atoms with Crippen LogP contribution in [0.25, 0.3) is 55.1 Å². The van der Waals surface area contributed by atoms with Crippen LogP contribution in [0.3, 0.4) is 0 Å². The zero-order valence-corrected chi connectivity index (χ0v) is 16.5. The Kier molecular flexibility index (Phi) is 3.68. The van der Waals surface area contributed by atoms with Gasteiger partial charge in [0, 0.05) is 40.3 Å². The first-order chi connectivity index (χ1) is 14.8. The Hall–Kier alpha value is -3.98. The number of benzene rings is 3. The smallest absolute Gasteiger partial charge is 0.144 e. The van der Waals surface area contributed by atoms with Gasteiger partial charge in [-0.05, 0) is 59.3 Å². The van der Waals surface area contributed by atoms with Crippen LogP contribution in [0.15, 0.2) is 95.8 Å². The fraction of sp³-hybridized carbons (Fsp3) is 0.0370. The largest absolute Gasteiger partial charge is 0.455 e. The Morgan fingerprint density at radius 2 is 1.63 bits per heavy atom. The minimum Gasteiger partial charge on any atom is -0.455 e. The van der Waals surface area contributed by atoms with Gasteiger partial charge in [-0.15, -0.1) is 0 Å². The van der Waals surface area contributed by atoms with Crippen LogP contribution in [0.2, 0.25) is 0 Å². The molecule has 3 aromatic heterocycles. The Labute approximate surface area is 173 Å². The molecule has 6 rings (SSSR count). The van der Waals surface area contributed by atoms with Crippen LogP contribution >= 0.6 is 0 Å². The number of furan rings is 1. The number of aryl methyl sites for hydroxylation is 1. The second kappa shape index (κ2) is 6.53. The molecule has 0 N–H and O–H groups in total. The standard InChI is InChI=1S/C27H18N2O/c1-17-15-29-25(14-24(17)19-9-10-20-16-28-12-11-18(20)13-19)23-7-4-6-22-21-5-2-3-8-26(21)30-27(22)23/h2-16H,1H3. The third kappa shape index (κ3) is 2.60. The number of aromatic nitrogens is 2. The molecule has 30 heavy (non-hydrogen) atoms. The van der Waals surface area contributed by atoms with E-state index in [-0.39, 0.29) is 0 Å². The SMILES string of the molecule is Cc1cnc(-c2cccc3c2oc2ccccc23)cc1-c1ccc2cnccc2c1. The van der Waals surface area contributed by atoms with E-state index in [1.54, 1.807) is 0 Å². The highest BCUT2D eigenvalue weighted by Crippen LogP contribution is 2.36. The molecular formula is C27H18N2O. The van der Waals surface area contributed by atoms with E-state index in [0.717, 1.165) is 44.1 Å². The quantitative estimate of drug-likeness (QED) is 0.317. The van der Waals surface area contributed by atoms with Gasteiger partial charge in [-0.1, -0.05) is 42.5 Å². The topological polar surface area (TPSA) is 38.9 Å². The summed E-state index contributed by atoms with van der Waals surface area (Å²) in [6.45, 7) is 2.10. The highest BCUT2D eigenvalue weighted by Gasteiger charge is 2.14. The molecule has 0 radical (unpaired) electrons. The van der Waals surface area contributed by atoms with E-state index in [1.165, 1.54) is 16.5 Å². The predicted molar refractivity (Wildman–Crippen MR) is 122 cm³/mol. The maximum atomic E-state index is 6.22. The number of hydrogen-bond acceptors (Lipinski definition) is 3. The number of hydrogen-bond donors (Lipinski definition) is 0. The fourth-order valence-corrected chi connectivity index (χ4v) is 4.18. The van der Waals surface area contributed by atoms with Gasteiger partial charge in [-0.25, -0.2) is 0 Å². The van der Waals surface area contributed by atoms with Crippen molar-refractivity contribution in [2.45, 2.75) is 6.92 Å².